The fourth-order valence-electron chi connectivity index (χ4n) is 1.77. The summed E-state index contributed by atoms with van der Waals surface area (Å²) in [6.07, 6.45) is 1.23. The predicted molar refractivity (Wildman–Crippen MR) is 63.0 cm³/mol. The SMILES string of the molecule is CC(C)C[C@@H](N)CN[C@H]1CCOC1O.Cl. The Hall–Kier alpha value is 0.130. The molecule has 0 saturated carbocycles. The van der Waals surface area contributed by atoms with Crippen LogP contribution in [0.15, 0.2) is 0 Å². The van der Waals surface area contributed by atoms with E-state index in [4.69, 9.17) is 10.5 Å². The predicted octanol–water partition coefficient (Wildman–Crippen LogP) is 0.479. The topological polar surface area (TPSA) is 67.5 Å². The molecule has 15 heavy (non-hydrogen) atoms. The van der Waals surface area contributed by atoms with Crippen molar-refractivity contribution in [2.45, 2.75) is 45.1 Å². The van der Waals surface area contributed by atoms with Crippen LogP contribution in [0.4, 0.5) is 0 Å². The molecule has 1 saturated heterocycles. The van der Waals surface area contributed by atoms with Gasteiger partial charge >= 0.3 is 0 Å². The standard InChI is InChI=1S/C10H22N2O2.ClH/c1-7(2)5-8(11)6-12-9-3-4-14-10(9)13;/h7-10,12-13H,3-6,11H2,1-2H3;1H/t8-,9+,10?;/m1./s1. The van der Waals surface area contributed by atoms with Gasteiger partial charge in [0.1, 0.15) is 0 Å². The molecule has 4 N–H and O–H groups in total. The molecule has 0 aromatic heterocycles. The van der Waals surface area contributed by atoms with Crippen LogP contribution in [0.1, 0.15) is 26.7 Å². The van der Waals surface area contributed by atoms with E-state index in [1.807, 2.05) is 0 Å². The third kappa shape index (κ3) is 5.68. The average molecular weight is 239 g/mol. The summed E-state index contributed by atoms with van der Waals surface area (Å²) in [5, 5.41) is 12.6. The van der Waals surface area contributed by atoms with Gasteiger partial charge in [-0.2, -0.15) is 0 Å². The van der Waals surface area contributed by atoms with Gasteiger partial charge in [-0.3, -0.25) is 0 Å². The number of halogens is 1. The monoisotopic (exact) mass is 238 g/mol. The van der Waals surface area contributed by atoms with Crippen LogP contribution in [0.25, 0.3) is 0 Å². The van der Waals surface area contributed by atoms with E-state index < -0.39 is 6.29 Å². The Balaban J connectivity index is 0.00000196. The van der Waals surface area contributed by atoms with Gasteiger partial charge in [-0.1, -0.05) is 13.8 Å². The lowest BCUT2D eigenvalue weighted by Gasteiger charge is -2.19. The highest BCUT2D eigenvalue weighted by atomic mass is 35.5. The third-order valence-electron chi connectivity index (χ3n) is 2.48. The molecule has 0 radical (unpaired) electrons. The fraction of sp³-hybridized carbons (Fsp3) is 1.00. The van der Waals surface area contributed by atoms with Crippen LogP contribution in [0, 0.1) is 5.92 Å². The number of nitrogens with two attached hydrogens (primary N) is 1. The second kappa shape index (κ2) is 7.41. The second-order valence-corrected chi connectivity index (χ2v) is 4.45. The lowest BCUT2D eigenvalue weighted by Crippen LogP contribution is -2.43. The van der Waals surface area contributed by atoms with Crippen LogP contribution in [0.5, 0.6) is 0 Å². The minimum atomic E-state index is -0.652. The molecule has 0 aromatic rings. The molecule has 0 spiro atoms. The van der Waals surface area contributed by atoms with Gasteiger partial charge in [0.05, 0.1) is 12.6 Å². The summed E-state index contributed by atoms with van der Waals surface area (Å²) in [6, 6.07) is 0.232. The zero-order chi connectivity index (χ0) is 10.6. The van der Waals surface area contributed by atoms with E-state index in [0.717, 1.165) is 19.4 Å². The van der Waals surface area contributed by atoms with E-state index in [2.05, 4.69) is 19.2 Å². The van der Waals surface area contributed by atoms with Crippen LogP contribution < -0.4 is 11.1 Å². The molecular weight excluding hydrogens is 216 g/mol. The number of rotatable bonds is 5. The van der Waals surface area contributed by atoms with Crippen molar-refractivity contribution in [3.8, 4) is 0 Å². The van der Waals surface area contributed by atoms with Crippen molar-refractivity contribution in [3.63, 3.8) is 0 Å². The number of nitrogens with one attached hydrogen (secondary N) is 1. The molecule has 1 aliphatic heterocycles. The molecule has 0 amide bonds. The minimum absolute atomic E-state index is 0. The highest BCUT2D eigenvalue weighted by Gasteiger charge is 2.25. The highest BCUT2D eigenvalue weighted by molar-refractivity contribution is 5.85. The van der Waals surface area contributed by atoms with Crippen LogP contribution in [0.2, 0.25) is 0 Å². The number of aliphatic hydroxyl groups is 1. The second-order valence-electron chi connectivity index (χ2n) is 4.45. The highest BCUT2D eigenvalue weighted by Crippen LogP contribution is 2.10. The molecule has 3 atom stereocenters. The maximum absolute atomic E-state index is 9.36. The van der Waals surface area contributed by atoms with E-state index in [1.54, 1.807) is 0 Å². The molecule has 1 heterocycles. The number of hydrogen-bond acceptors (Lipinski definition) is 4. The quantitative estimate of drug-likeness (QED) is 0.652. The Kier molecular flexibility index (Phi) is 7.48. The van der Waals surface area contributed by atoms with Crippen LogP contribution in [-0.2, 0) is 4.74 Å². The van der Waals surface area contributed by atoms with Crippen LogP contribution in [-0.4, -0.2) is 36.6 Å². The van der Waals surface area contributed by atoms with E-state index in [9.17, 15) is 5.11 Å². The maximum atomic E-state index is 9.36. The van der Waals surface area contributed by atoms with Gasteiger partial charge in [0.2, 0.25) is 0 Å². The Labute approximate surface area is 98.0 Å². The Bertz CT molecular complexity index is 170. The number of aliphatic hydroxyl groups excluding tert-OH is 1. The van der Waals surface area contributed by atoms with Crippen molar-refractivity contribution in [3.05, 3.63) is 0 Å². The van der Waals surface area contributed by atoms with Gasteiger partial charge in [0, 0.05) is 12.6 Å². The zero-order valence-corrected chi connectivity index (χ0v) is 10.3. The Morgan fingerprint density at radius 2 is 2.20 bits per heavy atom. The maximum Gasteiger partial charge on any atom is 0.169 e. The number of ether oxygens (including phenoxy) is 1. The number of hydrogen-bond donors (Lipinski definition) is 3. The first-order valence-electron chi connectivity index (χ1n) is 5.38. The molecule has 0 aliphatic carbocycles. The molecule has 1 fully saturated rings. The van der Waals surface area contributed by atoms with Gasteiger partial charge in [-0.25, -0.2) is 0 Å². The third-order valence-corrected chi connectivity index (χ3v) is 2.48. The molecule has 4 nitrogen and oxygen atoms in total. The summed E-state index contributed by atoms with van der Waals surface area (Å²) in [5.74, 6) is 0.622. The summed E-state index contributed by atoms with van der Waals surface area (Å²) < 4.78 is 5.03. The fourth-order valence-corrected chi connectivity index (χ4v) is 1.77. The summed E-state index contributed by atoms with van der Waals surface area (Å²) in [4.78, 5) is 0. The molecule has 1 rings (SSSR count). The zero-order valence-electron chi connectivity index (χ0n) is 9.48. The van der Waals surface area contributed by atoms with Crippen molar-refractivity contribution < 1.29 is 9.84 Å². The smallest absolute Gasteiger partial charge is 0.169 e. The van der Waals surface area contributed by atoms with Gasteiger partial charge in [-0.05, 0) is 18.8 Å². The summed E-state index contributed by atoms with van der Waals surface area (Å²) in [7, 11) is 0. The summed E-state index contributed by atoms with van der Waals surface area (Å²) in [5.41, 5.74) is 5.91. The molecule has 1 unspecified atom stereocenters. The first-order chi connectivity index (χ1) is 6.59. The van der Waals surface area contributed by atoms with Crippen LogP contribution in [0.3, 0.4) is 0 Å². The van der Waals surface area contributed by atoms with Crippen molar-refractivity contribution in [2.24, 2.45) is 11.7 Å². The molecule has 92 valence electrons. The minimum Gasteiger partial charge on any atom is -0.367 e. The van der Waals surface area contributed by atoms with Crippen molar-refractivity contribution in [2.75, 3.05) is 13.2 Å². The molecule has 5 heteroatoms. The Morgan fingerprint density at radius 3 is 2.67 bits per heavy atom. The molecule has 1 aliphatic rings. The van der Waals surface area contributed by atoms with E-state index in [-0.39, 0.29) is 24.5 Å². The van der Waals surface area contributed by atoms with Crippen molar-refractivity contribution >= 4 is 12.4 Å². The van der Waals surface area contributed by atoms with Crippen molar-refractivity contribution in [1.29, 1.82) is 0 Å². The lowest BCUT2D eigenvalue weighted by molar-refractivity contribution is -0.0717. The summed E-state index contributed by atoms with van der Waals surface area (Å²) >= 11 is 0. The Morgan fingerprint density at radius 1 is 1.53 bits per heavy atom. The van der Waals surface area contributed by atoms with Crippen molar-refractivity contribution in [1.82, 2.24) is 5.32 Å². The molecule has 0 bridgehead atoms. The average Bonchev–Trinajstić information content (AvgIpc) is 2.46. The summed E-state index contributed by atoms with van der Waals surface area (Å²) in [6.45, 7) is 5.71. The van der Waals surface area contributed by atoms with Crippen LogP contribution >= 0.6 is 12.4 Å². The van der Waals surface area contributed by atoms with Gasteiger partial charge in [0.25, 0.3) is 0 Å². The lowest BCUT2D eigenvalue weighted by atomic mass is 10.0. The molecule has 0 aromatic carbocycles. The normalized spacial score (nSPS) is 27.8. The van der Waals surface area contributed by atoms with E-state index >= 15 is 0 Å². The van der Waals surface area contributed by atoms with E-state index in [1.165, 1.54) is 0 Å². The first kappa shape index (κ1) is 15.1. The van der Waals surface area contributed by atoms with Gasteiger partial charge < -0.3 is 20.9 Å². The first-order valence-corrected chi connectivity index (χ1v) is 5.38. The van der Waals surface area contributed by atoms with Gasteiger partial charge in [0.15, 0.2) is 6.29 Å². The largest absolute Gasteiger partial charge is 0.367 e. The van der Waals surface area contributed by atoms with E-state index in [0.29, 0.717) is 12.5 Å². The van der Waals surface area contributed by atoms with Gasteiger partial charge in [-0.15, -0.1) is 12.4 Å². The molecular formula is C10H23ClN2O2.